The number of nitrogens with two attached hydrogens (primary N) is 2. The van der Waals surface area contributed by atoms with Gasteiger partial charge in [-0.05, 0) is 32.2 Å². The van der Waals surface area contributed by atoms with Crippen molar-refractivity contribution in [1.29, 1.82) is 0 Å². The lowest BCUT2D eigenvalue weighted by Crippen LogP contribution is -2.55. The Balaban J connectivity index is 4.93. The molecular weight excluding hydrogens is 336 g/mol. The molecule has 25 heavy (non-hydrogen) atoms. The monoisotopic (exact) mass is 362 g/mol. The van der Waals surface area contributed by atoms with E-state index in [2.05, 4.69) is 10.6 Å². The highest BCUT2D eigenvalue weighted by Gasteiger charge is 2.27. The van der Waals surface area contributed by atoms with Gasteiger partial charge in [0, 0.05) is 6.42 Å². The van der Waals surface area contributed by atoms with E-state index in [4.69, 9.17) is 26.8 Å². The maximum Gasteiger partial charge on any atom is 0.326 e. The molecule has 0 aromatic carbocycles. The number of carbonyl (C=O) groups is 4. The molecule has 2 amide bonds. The molecule has 0 aliphatic rings. The largest absolute Gasteiger partial charge is 0.481 e. The number of unbranched alkanes of at least 4 members (excludes halogenated alkanes) is 1. The summed E-state index contributed by atoms with van der Waals surface area (Å²) in [5.41, 5.74) is 10.8. The van der Waals surface area contributed by atoms with Crippen LogP contribution in [-0.4, -0.2) is 70.3 Å². The maximum absolute atomic E-state index is 12.3. The lowest BCUT2D eigenvalue weighted by atomic mass is 10.1. The summed E-state index contributed by atoms with van der Waals surface area (Å²) >= 11 is 0. The molecular formula is C14H26N4O7. The van der Waals surface area contributed by atoms with Gasteiger partial charge in [0.05, 0.1) is 6.61 Å². The third-order valence-corrected chi connectivity index (χ3v) is 3.37. The third kappa shape index (κ3) is 9.59. The van der Waals surface area contributed by atoms with Gasteiger partial charge in [0.2, 0.25) is 11.8 Å². The Morgan fingerprint density at radius 3 is 2.00 bits per heavy atom. The van der Waals surface area contributed by atoms with Crippen LogP contribution in [0.15, 0.2) is 0 Å². The van der Waals surface area contributed by atoms with Gasteiger partial charge >= 0.3 is 11.9 Å². The second kappa shape index (κ2) is 12.2. The number of hydrogen-bond acceptors (Lipinski definition) is 7. The fourth-order valence-corrected chi connectivity index (χ4v) is 1.92. The van der Waals surface area contributed by atoms with Crippen molar-refractivity contribution < 1.29 is 34.5 Å². The van der Waals surface area contributed by atoms with E-state index in [9.17, 15) is 19.2 Å². The van der Waals surface area contributed by atoms with Crippen molar-refractivity contribution in [3.8, 4) is 0 Å². The summed E-state index contributed by atoms with van der Waals surface area (Å²) in [5.74, 6) is -4.10. The Morgan fingerprint density at radius 2 is 1.52 bits per heavy atom. The summed E-state index contributed by atoms with van der Waals surface area (Å²) in [4.78, 5) is 45.7. The maximum atomic E-state index is 12.3. The summed E-state index contributed by atoms with van der Waals surface area (Å²) in [6.07, 6.45) is 0.550. The first-order valence-electron chi connectivity index (χ1n) is 7.84. The van der Waals surface area contributed by atoms with Crippen LogP contribution in [0.2, 0.25) is 0 Å². The number of hydrogen-bond donors (Lipinski definition) is 7. The minimum absolute atomic E-state index is 0.193. The molecule has 11 nitrogen and oxygen atoms in total. The second-order valence-electron chi connectivity index (χ2n) is 5.47. The van der Waals surface area contributed by atoms with Gasteiger partial charge in [0.1, 0.15) is 18.1 Å². The number of rotatable bonds is 13. The van der Waals surface area contributed by atoms with Gasteiger partial charge in [-0.3, -0.25) is 14.4 Å². The zero-order valence-electron chi connectivity index (χ0n) is 13.8. The Morgan fingerprint density at radius 1 is 0.920 bits per heavy atom. The van der Waals surface area contributed by atoms with E-state index in [0.29, 0.717) is 19.4 Å². The van der Waals surface area contributed by atoms with Crippen molar-refractivity contribution in [2.45, 2.75) is 50.2 Å². The molecule has 0 aromatic heterocycles. The van der Waals surface area contributed by atoms with Crippen molar-refractivity contribution in [3.63, 3.8) is 0 Å². The van der Waals surface area contributed by atoms with Crippen LogP contribution < -0.4 is 22.1 Å². The molecule has 11 heteroatoms. The number of carbonyl (C=O) groups excluding carboxylic acids is 2. The van der Waals surface area contributed by atoms with E-state index in [-0.39, 0.29) is 12.8 Å². The number of carboxylic acid groups (broad SMARTS) is 2. The summed E-state index contributed by atoms with van der Waals surface area (Å²) in [6, 6.07) is -3.68. The molecule has 0 fully saturated rings. The van der Waals surface area contributed by atoms with Crippen LogP contribution in [0.25, 0.3) is 0 Å². The van der Waals surface area contributed by atoms with E-state index in [1.165, 1.54) is 0 Å². The smallest absolute Gasteiger partial charge is 0.326 e. The van der Waals surface area contributed by atoms with Crippen LogP contribution >= 0.6 is 0 Å². The highest BCUT2D eigenvalue weighted by Crippen LogP contribution is 2.04. The summed E-state index contributed by atoms with van der Waals surface area (Å²) in [7, 11) is 0. The zero-order valence-corrected chi connectivity index (χ0v) is 13.8. The molecule has 0 saturated heterocycles. The normalized spacial score (nSPS) is 14.2. The molecule has 0 heterocycles. The second-order valence-corrected chi connectivity index (χ2v) is 5.47. The number of aliphatic hydroxyl groups excluding tert-OH is 1. The van der Waals surface area contributed by atoms with Gasteiger partial charge in [0.25, 0.3) is 0 Å². The average Bonchev–Trinajstić information content (AvgIpc) is 2.56. The molecule has 0 radical (unpaired) electrons. The van der Waals surface area contributed by atoms with Crippen LogP contribution in [0.4, 0.5) is 0 Å². The molecule has 9 N–H and O–H groups in total. The minimum Gasteiger partial charge on any atom is -0.481 e. The topological polar surface area (TPSA) is 205 Å². The van der Waals surface area contributed by atoms with Gasteiger partial charge < -0.3 is 37.4 Å². The van der Waals surface area contributed by atoms with E-state index >= 15 is 0 Å². The third-order valence-electron chi connectivity index (χ3n) is 3.37. The van der Waals surface area contributed by atoms with E-state index < -0.39 is 54.9 Å². The van der Waals surface area contributed by atoms with Gasteiger partial charge in [-0.25, -0.2) is 4.79 Å². The zero-order chi connectivity index (χ0) is 19.4. The first-order valence-corrected chi connectivity index (χ1v) is 7.84. The quantitative estimate of drug-likeness (QED) is 0.171. The molecule has 3 atom stereocenters. The molecule has 0 aromatic rings. The molecule has 0 spiro atoms. The Labute approximate surface area is 144 Å². The predicted molar refractivity (Wildman–Crippen MR) is 86.3 cm³/mol. The standard InChI is InChI=1S/C14H26N4O7/c15-6-2-1-3-9(17-12(22)8(16)7-19)13(23)18-10(14(24)25)4-5-11(20)21/h8-10,19H,1-7,15-16H2,(H,17,22)(H,18,23)(H,20,21)(H,24,25). The number of amides is 2. The van der Waals surface area contributed by atoms with Gasteiger partial charge in [-0.15, -0.1) is 0 Å². The van der Waals surface area contributed by atoms with Crippen molar-refractivity contribution in [2.75, 3.05) is 13.2 Å². The molecule has 0 aliphatic heterocycles. The summed E-state index contributed by atoms with van der Waals surface area (Å²) in [6.45, 7) is -0.228. The molecule has 0 saturated carbocycles. The lowest BCUT2D eigenvalue weighted by Gasteiger charge is -2.22. The van der Waals surface area contributed by atoms with E-state index in [1.807, 2.05) is 0 Å². The first kappa shape index (κ1) is 22.8. The van der Waals surface area contributed by atoms with Crippen LogP contribution in [-0.2, 0) is 19.2 Å². The highest BCUT2D eigenvalue weighted by molar-refractivity contribution is 5.91. The van der Waals surface area contributed by atoms with Crippen LogP contribution in [0.1, 0.15) is 32.1 Å². The molecule has 144 valence electrons. The van der Waals surface area contributed by atoms with E-state index in [0.717, 1.165) is 0 Å². The van der Waals surface area contributed by atoms with Gasteiger partial charge in [-0.1, -0.05) is 0 Å². The van der Waals surface area contributed by atoms with Crippen LogP contribution in [0.5, 0.6) is 0 Å². The van der Waals surface area contributed by atoms with Crippen molar-refractivity contribution in [3.05, 3.63) is 0 Å². The SMILES string of the molecule is NCCCCC(NC(=O)C(N)CO)C(=O)NC(CCC(=O)O)C(=O)O. The Bertz CT molecular complexity index is 472. The molecule has 3 unspecified atom stereocenters. The van der Waals surface area contributed by atoms with Crippen molar-refractivity contribution in [2.24, 2.45) is 11.5 Å². The average molecular weight is 362 g/mol. The number of aliphatic carboxylic acids is 2. The fraction of sp³-hybridized carbons (Fsp3) is 0.714. The first-order chi connectivity index (χ1) is 11.7. The number of carboxylic acids is 2. The Kier molecular flexibility index (Phi) is 11.1. The number of nitrogens with one attached hydrogen (secondary N) is 2. The lowest BCUT2D eigenvalue weighted by molar-refractivity contribution is -0.143. The van der Waals surface area contributed by atoms with E-state index in [1.54, 1.807) is 0 Å². The predicted octanol–water partition coefficient (Wildman–Crippen LogP) is -2.65. The Hall–Kier alpha value is -2.24. The fourth-order valence-electron chi connectivity index (χ4n) is 1.92. The number of aliphatic hydroxyl groups is 1. The molecule has 0 aliphatic carbocycles. The van der Waals surface area contributed by atoms with Crippen LogP contribution in [0, 0.1) is 0 Å². The van der Waals surface area contributed by atoms with Crippen molar-refractivity contribution >= 4 is 23.8 Å². The summed E-state index contributed by atoms with van der Waals surface area (Å²) in [5, 5.41) is 31.1. The highest BCUT2D eigenvalue weighted by atomic mass is 16.4. The molecule has 0 bridgehead atoms. The van der Waals surface area contributed by atoms with Gasteiger partial charge in [0.15, 0.2) is 0 Å². The van der Waals surface area contributed by atoms with Gasteiger partial charge in [-0.2, -0.15) is 0 Å². The van der Waals surface area contributed by atoms with Crippen molar-refractivity contribution in [1.82, 2.24) is 10.6 Å². The van der Waals surface area contributed by atoms with Crippen LogP contribution in [0.3, 0.4) is 0 Å². The molecule has 0 rings (SSSR count). The summed E-state index contributed by atoms with van der Waals surface area (Å²) < 4.78 is 0. The minimum atomic E-state index is -1.40.